The van der Waals surface area contributed by atoms with Gasteiger partial charge in [0.15, 0.2) is 0 Å². The Bertz CT molecular complexity index is 864. The third kappa shape index (κ3) is 11.2. The summed E-state index contributed by atoms with van der Waals surface area (Å²) in [6.45, 7) is 3.67. The predicted molar refractivity (Wildman–Crippen MR) is 130 cm³/mol. The third-order valence-electron chi connectivity index (χ3n) is 4.94. The first-order valence-corrected chi connectivity index (χ1v) is 12.5. The first-order valence-electron chi connectivity index (χ1n) is 11.1. The van der Waals surface area contributed by atoms with E-state index in [0.717, 1.165) is 0 Å². The van der Waals surface area contributed by atoms with Crippen molar-refractivity contribution in [3.05, 3.63) is 18.2 Å². The number of primary amides is 1. The fourth-order valence-corrected chi connectivity index (χ4v) is 3.63. The van der Waals surface area contributed by atoms with Gasteiger partial charge in [-0.05, 0) is 30.8 Å². The van der Waals surface area contributed by atoms with Crippen molar-refractivity contribution in [2.24, 2.45) is 17.4 Å². The van der Waals surface area contributed by atoms with E-state index in [2.05, 4.69) is 25.9 Å². The second-order valence-electron chi connectivity index (χ2n) is 8.49. The Morgan fingerprint density at radius 3 is 2.17 bits per heavy atom. The number of hydrogen-bond donors (Lipinski definition) is 7. The molecule has 0 spiro atoms. The molecule has 196 valence electrons. The van der Waals surface area contributed by atoms with Crippen molar-refractivity contribution < 1.29 is 29.1 Å². The fourth-order valence-electron chi connectivity index (χ4n) is 3.16. The van der Waals surface area contributed by atoms with Crippen LogP contribution in [0.2, 0.25) is 0 Å². The molecule has 0 aromatic carbocycles. The number of nitrogens with two attached hydrogens (primary N) is 2. The Labute approximate surface area is 207 Å². The van der Waals surface area contributed by atoms with E-state index < -0.39 is 60.2 Å². The van der Waals surface area contributed by atoms with E-state index in [0.29, 0.717) is 11.4 Å². The largest absolute Gasteiger partial charge is 0.480 e. The highest BCUT2D eigenvalue weighted by molar-refractivity contribution is 7.98. The number of hydrogen-bond acceptors (Lipinski definition) is 8. The van der Waals surface area contributed by atoms with Gasteiger partial charge < -0.3 is 37.5 Å². The lowest BCUT2D eigenvalue weighted by Gasteiger charge is -2.25. The molecular weight excluding hydrogens is 478 g/mol. The number of aliphatic carboxylic acids is 1. The van der Waals surface area contributed by atoms with Crippen molar-refractivity contribution >= 4 is 41.4 Å². The van der Waals surface area contributed by atoms with E-state index in [-0.39, 0.29) is 25.2 Å². The van der Waals surface area contributed by atoms with Crippen LogP contribution in [0.1, 0.15) is 38.8 Å². The molecule has 4 atom stereocenters. The molecule has 0 aliphatic carbocycles. The number of aromatic amines is 1. The normalized spacial score (nSPS) is 14.4. The fraction of sp³-hybridized carbons (Fsp3) is 0.619. The minimum absolute atomic E-state index is 0.00281. The number of H-pyrrole nitrogens is 1. The van der Waals surface area contributed by atoms with Gasteiger partial charge in [0, 0.05) is 18.3 Å². The Hall–Kier alpha value is -3.13. The van der Waals surface area contributed by atoms with Gasteiger partial charge in [0.1, 0.15) is 18.1 Å². The van der Waals surface area contributed by atoms with Crippen LogP contribution >= 0.6 is 11.8 Å². The van der Waals surface area contributed by atoms with Crippen LogP contribution in [-0.4, -0.2) is 80.8 Å². The number of rotatable bonds is 16. The number of carbonyl (C=O) groups excluding carboxylic acids is 4. The third-order valence-corrected chi connectivity index (χ3v) is 5.58. The van der Waals surface area contributed by atoms with Gasteiger partial charge in [-0.15, -0.1) is 0 Å². The van der Waals surface area contributed by atoms with E-state index >= 15 is 0 Å². The molecule has 1 rings (SSSR count). The molecule has 0 aliphatic heterocycles. The highest BCUT2D eigenvalue weighted by Crippen LogP contribution is 2.08. The summed E-state index contributed by atoms with van der Waals surface area (Å²) in [6, 6.07) is -4.56. The molecule has 0 saturated heterocycles. The second kappa shape index (κ2) is 15.0. The Morgan fingerprint density at radius 1 is 1.06 bits per heavy atom. The SMILES string of the molecule is CSCCC(NC(=O)C(Cc1cnc[nH]1)NC(=O)C(N)CC(N)=O)C(=O)NC(CC(C)C)C(=O)O. The Balaban J connectivity index is 3.03. The summed E-state index contributed by atoms with van der Waals surface area (Å²) in [6.07, 6.45) is 4.76. The summed E-state index contributed by atoms with van der Waals surface area (Å²) in [5.74, 6) is -3.50. The van der Waals surface area contributed by atoms with Crippen LogP contribution in [0.5, 0.6) is 0 Å². The van der Waals surface area contributed by atoms with Crippen LogP contribution in [0.15, 0.2) is 12.5 Å². The Morgan fingerprint density at radius 2 is 1.66 bits per heavy atom. The molecule has 0 aliphatic rings. The number of nitrogens with zero attached hydrogens (tertiary/aromatic N) is 1. The summed E-state index contributed by atoms with van der Waals surface area (Å²) in [5, 5.41) is 17.0. The molecule has 1 aromatic heterocycles. The van der Waals surface area contributed by atoms with Crippen molar-refractivity contribution in [3.63, 3.8) is 0 Å². The molecule has 4 amide bonds. The lowest BCUT2D eigenvalue weighted by atomic mass is 10.0. The summed E-state index contributed by atoms with van der Waals surface area (Å²) in [5.41, 5.74) is 11.3. The molecule has 0 bridgehead atoms. The van der Waals surface area contributed by atoms with E-state index in [1.165, 1.54) is 24.3 Å². The summed E-state index contributed by atoms with van der Waals surface area (Å²) in [4.78, 5) is 67.8. The summed E-state index contributed by atoms with van der Waals surface area (Å²) >= 11 is 1.45. The number of carboxylic acid groups (broad SMARTS) is 1. The second-order valence-corrected chi connectivity index (χ2v) is 9.48. The van der Waals surface area contributed by atoms with Crippen molar-refractivity contribution in [2.45, 2.75) is 63.7 Å². The van der Waals surface area contributed by atoms with Crippen molar-refractivity contribution in [1.29, 1.82) is 0 Å². The monoisotopic (exact) mass is 513 g/mol. The number of aromatic nitrogens is 2. The maximum Gasteiger partial charge on any atom is 0.326 e. The van der Waals surface area contributed by atoms with Crippen LogP contribution in [0.3, 0.4) is 0 Å². The zero-order valence-electron chi connectivity index (χ0n) is 20.1. The molecule has 1 aromatic rings. The average molecular weight is 514 g/mol. The van der Waals surface area contributed by atoms with Crippen molar-refractivity contribution in [3.8, 4) is 0 Å². The number of thioether (sulfide) groups is 1. The number of carboxylic acids is 1. The highest BCUT2D eigenvalue weighted by atomic mass is 32.2. The lowest BCUT2D eigenvalue weighted by molar-refractivity contribution is -0.142. The van der Waals surface area contributed by atoms with Gasteiger partial charge >= 0.3 is 5.97 Å². The van der Waals surface area contributed by atoms with Gasteiger partial charge in [-0.3, -0.25) is 19.2 Å². The quantitative estimate of drug-likeness (QED) is 0.136. The van der Waals surface area contributed by atoms with Crippen LogP contribution in [0.4, 0.5) is 0 Å². The first-order chi connectivity index (χ1) is 16.4. The Kier molecular flexibility index (Phi) is 12.8. The number of imidazole rings is 1. The maximum atomic E-state index is 13.1. The number of amides is 4. The number of nitrogens with one attached hydrogen (secondary N) is 4. The maximum absolute atomic E-state index is 13.1. The lowest BCUT2D eigenvalue weighted by Crippen LogP contribution is -2.58. The predicted octanol–water partition coefficient (Wildman–Crippen LogP) is -1.51. The minimum Gasteiger partial charge on any atom is -0.480 e. The molecule has 14 heteroatoms. The van der Waals surface area contributed by atoms with E-state index in [4.69, 9.17) is 11.5 Å². The van der Waals surface area contributed by atoms with E-state index in [1.54, 1.807) is 0 Å². The molecule has 0 radical (unpaired) electrons. The number of carbonyl (C=O) groups is 5. The standard InChI is InChI=1S/C21H35N7O6S/c1-11(2)6-16(21(33)34)28-19(31)14(4-5-35-3)26-20(32)15(7-12-9-24-10-25-12)27-18(30)13(22)8-17(23)29/h9-11,13-16H,4-8,22H2,1-3H3,(H2,23,29)(H,24,25)(H,26,32)(H,27,30)(H,28,31)(H,33,34). The zero-order valence-corrected chi connectivity index (χ0v) is 20.9. The molecule has 4 unspecified atom stereocenters. The van der Waals surface area contributed by atoms with Gasteiger partial charge in [0.05, 0.1) is 18.8 Å². The summed E-state index contributed by atoms with van der Waals surface area (Å²) < 4.78 is 0. The van der Waals surface area contributed by atoms with Gasteiger partial charge in [0.2, 0.25) is 23.6 Å². The molecule has 0 saturated carbocycles. The zero-order chi connectivity index (χ0) is 26.5. The van der Waals surface area contributed by atoms with Crippen LogP contribution in [-0.2, 0) is 30.4 Å². The van der Waals surface area contributed by atoms with Crippen LogP contribution < -0.4 is 27.4 Å². The average Bonchev–Trinajstić information content (AvgIpc) is 3.27. The molecule has 1 heterocycles. The minimum atomic E-state index is -1.26. The molecule has 9 N–H and O–H groups in total. The van der Waals surface area contributed by atoms with Crippen LogP contribution in [0, 0.1) is 5.92 Å². The van der Waals surface area contributed by atoms with Gasteiger partial charge in [-0.25, -0.2) is 9.78 Å². The topological polar surface area (TPSA) is 222 Å². The molecule has 0 fully saturated rings. The smallest absolute Gasteiger partial charge is 0.326 e. The van der Waals surface area contributed by atoms with E-state index in [1.807, 2.05) is 20.1 Å². The van der Waals surface area contributed by atoms with E-state index in [9.17, 15) is 29.1 Å². The van der Waals surface area contributed by atoms with Crippen LogP contribution in [0.25, 0.3) is 0 Å². The van der Waals surface area contributed by atoms with Gasteiger partial charge in [-0.2, -0.15) is 11.8 Å². The molecular formula is C21H35N7O6S. The molecule has 13 nitrogen and oxygen atoms in total. The van der Waals surface area contributed by atoms with Gasteiger partial charge in [0.25, 0.3) is 0 Å². The van der Waals surface area contributed by atoms with Gasteiger partial charge in [-0.1, -0.05) is 13.8 Å². The van der Waals surface area contributed by atoms with Crippen molar-refractivity contribution in [2.75, 3.05) is 12.0 Å². The summed E-state index contributed by atoms with van der Waals surface area (Å²) in [7, 11) is 0. The molecule has 35 heavy (non-hydrogen) atoms. The van der Waals surface area contributed by atoms with Crippen molar-refractivity contribution in [1.82, 2.24) is 25.9 Å². The first kappa shape index (κ1) is 29.9. The highest BCUT2D eigenvalue weighted by Gasteiger charge is 2.31.